The molecule has 10 heteroatoms. The maximum absolute atomic E-state index is 12.7. The van der Waals surface area contributed by atoms with E-state index in [0.717, 1.165) is 0 Å². The van der Waals surface area contributed by atoms with E-state index in [1.807, 2.05) is 6.92 Å². The molecule has 4 aromatic heterocycles. The van der Waals surface area contributed by atoms with Crippen molar-refractivity contribution in [3.63, 3.8) is 0 Å². The van der Waals surface area contributed by atoms with Gasteiger partial charge in [0.2, 0.25) is 0 Å². The van der Waals surface area contributed by atoms with Gasteiger partial charge in [0.25, 0.3) is 0 Å². The molecular formula is C21H19N3O6S. The molecule has 31 heavy (non-hydrogen) atoms. The van der Waals surface area contributed by atoms with E-state index >= 15 is 0 Å². The molecule has 0 aliphatic carbocycles. The van der Waals surface area contributed by atoms with Crippen LogP contribution < -0.4 is 0 Å². The Kier molecular flexibility index (Phi) is 4.47. The minimum absolute atomic E-state index is 0.0410. The summed E-state index contributed by atoms with van der Waals surface area (Å²) in [6, 6.07) is 8.19. The molecule has 1 saturated heterocycles. The molecule has 0 N–H and O–H groups in total. The Morgan fingerprint density at radius 2 is 2.10 bits per heavy atom. The zero-order valence-electron chi connectivity index (χ0n) is 16.9. The largest absolute Gasteiger partial charge is 0.465 e. The lowest BCUT2D eigenvalue weighted by Gasteiger charge is -2.10. The van der Waals surface area contributed by atoms with Gasteiger partial charge in [0, 0.05) is 0 Å². The molecule has 0 aromatic carbocycles. The third-order valence-electron chi connectivity index (χ3n) is 5.37. The number of hydrogen-bond donors (Lipinski definition) is 0. The number of aromatic nitrogens is 3. The zero-order valence-corrected chi connectivity index (χ0v) is 17.7. The number of pyridine rings is 1. The lowest BCUT2D eigenvalue weighted by molar-refractivity contribution is 0.0603. The number of methoxy groups -OCH3 is 1. The molecule has 160 valence electrons. The molecule has 0 bridgehead atoms. The Balaban J connectivity index is 1.83. The highest BCUT2D eigenvalue weighted by Crippen LogP contribution is 2.36. The van der Waals surface area contributed by atoms with Gasteiger partial charge in [-0.05, 0) is 43.7 Å². The van der Waals surface area contributed by atoms with Crippen molar-refractivity contribution in [3.05, 3.63) is 47.9 Å². The van der Waals surface area contributed by atoms with Crippen molar-refractivity contribution in [1.82, 2.24) is 14.8 Å². The SMILES string of the molecule is COC(=O)c1cc(-c2ccc(C)o2)nc2c1c(-c1ccco1)nn2[C@H]1CCS(=O)(=O)C1. The average Bonchev–Trinajstić information content (AvgIpc) is 3.52. The predicted molar refractivity (Wildman–Crippen MR) is 111 cm³/mol. The van der Waals surface area contributed by atoms with Crippen molar-refractivity contribution in [1.29, 1.82) is 0 Å². The Labute approximate surface area is 177 Å². The predicted octanol–water partition coefficient (Wildman–Crippen LogP) is 3.41. The third kappa shape index (κ3) is 3.32. The van der Waals surface area contributed by atoms with Crippen LogP contribution in [0.25, 0.3) is 33.9 Å². The van der Waals surface area contributed by atoms with Crippen LogP contribution in [0.2, 0.25) is 0 Å². The zero-order chi connectivity index (χ0) is 21.8. The first kappa shape index (κ1) is 19.6. The first-order valence-corrected chi connectivity index (χ1v) is 11.5. The van der Waals surface area contributed by atoms with Crippen LogP contribution in [0.15, 0.2) is 45.4 Å². The molecule has 0 amide bonds. The van der Waals surface area contributed by atoms with Gasteiger partial charge in [0.05, 0.1) is 41.9 Å². The molecule has 0 radical (unpaired) electrons. The number of ether oxygens (including phenoxy) is 1. The van der Waals surface area contributed by atoms with Gasteiger partial charge in [0.15, 0.2) is 27.0 Å². The number of aryl methyl sites for hydroxylation is 1. The molecule has 0 unspecified atom stereocenters. The maximum atomic E-state index is 12.7. The van der Waals surface area contributed by atoms with E-state index in [1.54, 1.807) is 35.0 Å². The fourth-order valence-electron chi connectivity index (χ4n) is 3.91. The molecular weight excluding hydrogens is 422 g/mol. The highest BCUT2D eigenvalue weighted by molar-refractivity contribution is 7.91. The molecule has 4 aromatic rings. The lowest BCUT2D eigenvalue weighted by atomic mass is 10.1. The van der Waals surface area contributed by atoms with Gasteiger partial charge in [-0.2, -0.15) is 5.10 Å². The normalized spacial score (nSPS) is 17.9. The summed E-state index contributed by atoms with van der Waals surface area (Å²) < 4.78 is 42.1. The van der Waals surface area contributed by atoms with Gasteiger partial charge < -0.3 is 13.6 Å². The maximum Gasteiger partial charge on any atom is 0.338 e. The fourth-order valence-corrected chi connectivity index (χ4v) is 5.61. The third-order valence-corrected chi connectivity index (χ3v) is 7.12. The highest BCUT2D eigenvalue weighted by atomic mass is 32.2. The van der Waals surface area contributed by atoms with Gasteiger partial charge in [-0.1, -0.05) is 0 Å². The summed E-state index contributed by atoms with van der Waals surface area (Å²) in [4.78, 5) is 17.4. The van der Waals surface area contributed by atoms with Crippen LogP contribution in [0, 0.1) is 6.92 Å². The van der Waals surface area contributed by atoms with Gasteiger partial charge in [0.1, 0.15) is 17.1 Å². The molecule has 0 spiro atoms. The van der Waals surface area contributed by atoms with E-state index < -0.39 is 21.8 Å². The van der Waals surface area contributed by atoms with Crippen LogP contribution in [0.4, 0.5) is 0 Å². The standard InChI is InChI=1S/C21H19N3O6S/c1-12-5-6-16(30-12)15-10-14(21(25)28-2)18-19(17-4-3-8-29-17)23-24(20(18)22-15)13-7-9-31(26,27)11-13/h3-6,8,10,13H,7,9,11H2,1-2H3/t13-/m0/s1. The molecule has 1 aliphatic heterocycles. The smallest absolute Gasteiger partial charge is 0.338 e. The minimum atomic E-state index is -3.17. The van der Waals surface area contributed by atoms with Crippen molar-refractivity contribution in [2.24, 2.45) is 0 Å². The Morgan fingerprint density at radius 1 is 1.26 bits per heavy atom. The number of rotatable bonds is 4. The highest BCUT2D eigenvalue weighted by Gasteiger charge is 2.34. The number of hydrogen-bond acceptors (Lipinski definition) is 8. The molecule has 1 atom stereocenters. The van der Waals surface area contributed by atoms with E-state index in [0.29, 0.717) is 46.1 Å². The number of carbonyl (C=O) groups excluding carboxylic acids is 1. The second-order valence-electron chi connectivity index (χ2n) is 7.48. The monoisotopic (exact) mass is 441 g/mol. The van der Waals surface area contributed by atoms with Crippen LogP contribution in [-0.2, 0) is 14.6 Å². The molecule has 5 rings (SSSR count). The van der Waals surface area contributed by atoms with Gasteiger partial charge in [-0.3, -0.25) is 0 Å². The second kappa shape index (κ2) is 7.09. The summed E-state index contributed by atoms with van der Waals surface area (Å²) in [5, 5.41) is 5.10. The van der Waals surface area contributed by atoms with E-state index in [1.165, 1.54) is 13.4 Å². The molecule has 1 fully saturated rings. The van der Waals surface area contributed by atoms with Crippen LogP contribution in [0.5, 0.6) is 0 Å². The van der Waals surface area contributed by atoms with Crippen LogP contribution in [0.1, 0.15) is 28.6 Å². The van der Waals surface area contributed by atoms with Crippen LogP contribution >= 0.6 is 0 Å². The first-order valence-electron chi connectivity index (χ1n) is 9.69. The summed E-state index contributed by atoms with van der Waals surface area (Å²) in [5.74, 6) is 1.09. The Bertz CT molecular complexity index is 1400. The van der Waals surface area contributed by atoms with Crippen molar-refractivity contribution in [2.75, 3.05) is 18.6 Å². The van der Waals surface area contributed by atoms with Crippen molar-refractivity contribution in [2.45, 2.75) is 19.4 Å². The summed E-state index contributed by atoms with van der Waals surface area (Å²) >= 11 is 0. The fraction of sp³-hybridized carbons (Fsp3) is 0.286. The van der Waals surface area contributed by atoms with Crippen LogP contribution in [-0.4, -0.2) is 47.8 Å². The first-order chi connectivity index (χ1) is 14.9. The summed E-state index contributed by atoms with van der Waals surface area (Å²) in [5.41, 5.74) is 1.45. The second-order valence-corrected chi connectivity index (χ2v) is 9.71. The quantitative estimate of drug-likeness (QED) is 0.442. The van der Waals surface area contributed by atoms with Crippen LogP contribution in [0.3, 0.4) is 0 Å². The van der Waals surface area contributed by atoms with E-state index in [4.69, 9.17) is 18.6 Å². The summed E-state index contributed by atoms with van der Waals surface area (Å²) in [7, 11) is -1.87. The van der Waals surface area contributed by atoms with Gasteiger partial charge >= 0.3 is 5.97 Å². The molecule has 0 saturated carbocycles. The number of esters is 1. The summed E-state index contributed by atoms with van der Waals surface area (Å²) in [6.45, 7) is 1.81. The topological polar surface area (TPSA) is 117 Å². The average molecular weight is 441 g/mol. The van der Waals surface area contributed by atoms with Gasteiger partial charge in [-0.25, -0.2) is 22.9 Å². The number of nitrogens with zero attached hydrogens (tertiary/aromatic N) is 3. The lowest BCUT2D eigenvalue weighted by Crippen LogP contribution is -2.13. The van der Waals surface area contributed by atoms with E-state index in [2.05, 4.69) is 5.10 Å². The van der Waals surface area contributed by atoms with Crippen molar-refractivity contribution < 1.29 is 26.8 Å². The van der Waals surface area contributed by atoms with E-state index in [-0.39, 0.29) is 17.1 Å². The van der Waals surface area contributed by atoms with Gasteiger partial charge in [-0.15, -0.1) is 0 Å². The minimum Gasteiger partial charge on any atom is -0.465 e. The number of fused-ring (bicyclic) bond motifs is 1. The van der Waals surface area contributed by atoms with Crippen molar-refractivity contribution in [3.8, 4) is 22.9 Å². The van der Waals surface area contributed by atoms with Crippen molar-refractivity contribution >= 4 is 26.8 Å². The molecule has 5 heterocycles. The summed E-state index contributed by atoms with van der Waals surface area (Å²) in [6.07, 6.45) is 1.92. The number of furan rings is 2. The number of carbonyl (C=O) groups is 1. The molecule has 1 aliphatic rings. The Hall–Kier alpha value is -3.40. The Morgan fingerprint density at radius 3 is 2.71 bits per heavy atom. The molecule has 9 nitrogen and oxygen atoms in total. The number of sulfone groups is 1. The van der Waals surface area contributed by atoms with E-state index in [9.17, 15) is 13.2 Å².